The topological polar surface area (TPSA) is 4.44 Å². The van der Waals surface area contributed by atoms with Crippen LogP contribution in [0.2, 0.25) is 5.02 Å². The molecule has 0 aliphatic carbocycles. The minimum Gasteiger partial charge on any atom is -0.333 e. The van der Waals surface area contributed by atoms with E-state index in [1.165, 1.54) is 25.8 Å². The first-order valence-electron chi connectivity index (χ1n) is 6.50. The first-order valence-corrected chi connectivity index (χ1v) is 7.70. The van der Waals surface area contributed by atoms with Crippen molar-refractivity contribution in [3.8, 4) is 0 Å². The molecular weight excluding hydrogens is 274 g/mol. The molecule has 0 saturated heterocycles. The molecule has 0 amide bonds. The first-order chi connectivity index (χ1) is 9.15. The van der Waals surface area contributed by atoms with Crippen LogP contribution in [-0.2, 0) is 6.42 Å². The molecule has 1 atom stereocenters. The standard InChI is InChI=1S/C16H16ClNS/c1-18(2)14-10-11-9-12(17)7-8-15(11)19-16-6-4-3-5-13(14)16/h3-9,14H,10H2,1-2H3/p+1/t14-/m0/s1. The molecule has 1 N–H and O–H groups in total. The minimum atomic E-state index is 0.489. The molecule has 0 radical (unpaired) electrons. The number of hydrogen-bond donors (Lipinski definition) is 1. The highest BCUT2D eigenvalue weighted by atomic mass is 35.5. The molecule has 98 valence electrons. The fourth-order valence-electron chi connectivity index (χ4n) is 2.63. The molecule has 0 saturated carbocycles. The number of hydrogen-bond acceptors (Lipinski definition) is 1. The van der Waals surface area contributed by atoms with Crippen LogP contribution in [-0.4, -0.2) is 14.1 Å². The number of likely N-dealkylation sites (N-methyl/N-ethyl adjacent to an activating group) is 1. The second-order valence-corrected chi connectivity index (χ2v) is 6.75. The molecule has 1 aliphatic heterocycles. The van der Waals surface area contributed by atoms with Crippen LogP contribution in [0, 0.1) is 0 Å². The van der Waals surface area contributed by atoms with Crippen molar-refractivity contribution in [1.29, 1.82) is 0 Å². The van der Waals surface area contributed by atoms with Gasteiger partial charge in [0.15, 0.2) is 0 Å². The van der Waals surface area contributed by atoms with Crippen molar-refractivity contribution in [2.75, 3.05) is 14.1 Å². The van der Waals surface area contributed by atoms with Crippen molar-refractivity contribution >= 4 is 23.4 Å². The van der Waals surface area contributed by atoms with Gasteiger partial charge in [-0.2, -0.15) is 0 Å². The quantitative estimate of drug-likeness (QED) is 0.845. The zero-order valence-electron chi connectivity index (χ0n) is 11.1. The Labute approximate surface area is 123 Å². The maximum atomic E-state index is 6.15. The van der Waals surface area contributed by atoms with Crippen molar-refractivity contribution in [3.63, 3.8) is 0 Å². The third kappa shape index (κ3) is 2.53. The third-order valence-electron chi connectivity index (χ3n) is 3.66. The van der Waals surface area contributed by atoms with Crippen molar-refractivity contribution < 1.29 is 4.90 Å². The predicted molar refractivity (Wildman–Crippen MR) is 81.3 cm³/mol. The molecule has 2 aromatic carbocycles. The highest BCUT2D eigenvalue weighted by molar-refractivity contribution is 7.99. The Morgan fingerprint density at radius 1 is 1.11 bits per heavy atom. The molecule has 2 aromatic rings. The van der Waals surface area contributed by atoms with E-state index in [-0.39, 0.29) is 0 Å². The highest BCUT2D eigenvalue weighted by Crippen LogP contribution is 2.40. The van der Waals surface area contributed by atoms with Gasteiger partial charge in [-0.3, -0.25) is 0 Å². The zero-order valence-corrected chi connectivity index (χ0v) is 12.7. The number of rotatable bonds is 1. The van der Waals surface area contributed by atoms with Gasteiger partial charge < -0.3 is 4.90 Å². The van der Waals surface area contributed by atoms with Crippen LogP contribution in [0.4, 0.5) is 0 Å². The van der Waals surface area contributed by atoms with Crippen LogP contribution < -0.4 is 4.90 Å². The van der Waals surface area contributed by atoms with E-state index in [1.54, 1.807) is 0 Å². The summed E-state index contributed by atoms with van der Waals surface area (Å²) in [6.45, 7) is 0. The summed E-state index contributed by atoms with van der Waals surface area (Å²) in [5.41, 5.74) is 2.81. The molecule has 1 heterocycles. The molecule has 1 aliphatic rings. The second kappa shape index (κ2) is 5.20. The minimum absolute atomic E-state index is 0.489. The van der Waals surface area contributed by atoms with Crippen LogP contribution in [0.15, 0.2) is 52.3 Å². The Kier molecular flexibility index (Phi) is 3.57. The predicted octanol–water partition coefficient (Wildman–Crippen LogP) is 3.23. The lowest BCUT2D eigenvalue weighted by Gasteiger charge is -2.21. The lowest BCUT2D eigenvalue weighted by atomic mass is 9.98. The first kappa shape index (κ1) is 13.0. The molecule has 3 rings (SSSR count). The normalized spacial score (nSPS) is 17.8. The Morgan fingerprint density at radius 3 is 2.68 bits per heavy atom. The van der Waals surface area contributed by atoms with Gasteiger partial charge in [0.05, 0.1) is 14.1 Å². The molecule has 1 nitrogen and oxygen atoms in total. The molecule has 0 aromatic heterocycles. The maximum absolute atomic E-state index is 6.15. The Bertz CT molecular complexity index is 609. The van der Waals surface area contributed by atoms with Gasteiger partial charge in [0.2, 0.25) is 0 Å². The Balaban J connectivity index is 2.14. The fourth-order valence-corrected chi connectivity index (χ4v) is 3.95. The zero-order chi connectivity index (χ0) is 13.4. The van der Waals surface area contributed by atoms with E-state index >= 15 is 0 Å². The van der Waals surface area contributed by atoms with Crippen molar-refractivity contribution in [1.82, 2.24) is 0 Å². The van der Waals surface area contributed by atoms with Gasteiger partial charge in [0.25, 0.3) is 0 Å². The highest BCUT2D eigenvalue weighted by Gasteiger charge is 2.26. The molecule has 0 bridgehead atoms. The fraction of sp³-hybridized carbons (Fsp3) is 0.250. The van der Waals surface area contributed by atoms with Gasteiger partial charge in [0.1, 0.15) is 6.04 Å². The van der Waals surface area contributed by atoms with Crippen molar-refractivity contribution in [2.45, 2.75) is 22.3 Å². The van der Waals surface area contributed by atoms with Gasteiger partial charge in [-0.15, -0.1) is 0 Å². The number of halogens is 1. The van der Waals surface area contributed by atoms with Gasteiger partial charge in [-0.25, -0.2) is 0 Å². The smallest absolute Gasteiger partial charge is 0.118 e. The number of benzene rings is 2. The second-order valence-electron chi connectivity index (χ2n) is 5.23. The van der Waals surface area contributed by atoms with E-state index in [0.29, 0.717) is 6.04 Å². The van der Waals surface area contributed by atoms with Gasteiger partial charge in [-0.1, -0.05) is 41.6 Å². The largest absolute Gasteiger partial charge is 0.333 e. The van der Waals surface area contributed by atoms with E-state index in [0.717, 1.165) is 11.4 Å². The van der Waals surface area contributed by atoms with Crippen LogP contribution in [0.3, 0.4) is 0 Å². The average molecular weight is 291 g/mol. The summed E-state index contributed by atoms with van der Waals surface area (Å²) >= 11 is 8.01. The third-order valence-corrected chi connectivity index (χ3v) is 5.10. The Morgan fingerprint density at radius 2 is 1.89 bits per heavy atom. The molecule has 0 unspecified atom stereocenters. The summed E-state index contributed by atoms with van der Waals surface area (Å²) in [5.74, 6) is 0. The lowest BCUT2D eigenvalue weighted by molar-refractivity contribution is -0.892. The molecule has 0 spiro atoms. The van der Waals surface area contributed by atoms with Crippen LogP contribution >= 0.6 is 23.4 Å². The molecule has 3 heteroatoms. The van der Waals surface area contributed by atoms with Gasteiger partial charge >= 0.3 is 0 Å². The molecule has 19 heavy (non-hydrogen) atoms. The van der Waals surface area contributed by atoms with E-state index in [4.69, 9.17) is 11.6 Å². The van der Waals surface area contributed by atoms with E-state index in [1.807, 2.05) is 17.8 Å². The maximum Gasteiger partial charge on any atom is 0.118 e. The average Bonchev–Trinajstić information content (AvgIpc) is 2.55. The Hall–Kier alpha value is -0.960. The van der Waals surface area contributed by atoms with Crippen LogP contribution in [0.1, 0.15) is 17.2 Å². The van der Waals surface area contributed by atoms with Crippen molar-refractivity contribution in [3.05, 3.63) is 58.6 Å². The number of nitrogens with one attached hydrogen (secondary N) is 1. The summed E-state index contributed by atoms with van der Waals surface area (Å²) in [5, 5.41) is 0.831. The van der Waals surface area contributed by atoms with Gasteiger partial charge in [0, 0.05) is 26.8 Å². The van der Waals surface area contributed by atoms with Crippen molar-refractivity contribution in [2.24, 2.45) is 0 Å². The summed E-state index contributed by atoms with van der Waals surface area (Å²) in [7, 11) is 4.45. The monoisotopic (exact) mass is 290 g/mol. The van der Waals surface area contributed by atoms with E-state index in [2.05, 4.69) is 50.5 Å². The summed E-state index contributed by atoms with van der Waals surface area (Å²) in [6, 6.07) is 15.5. The number of quaternary nitrogens is 1. The molecule has 0 fully saturated rings. The van der Waals surface area contributed by atoms with Crippen LogP contribution in [0.25, 0.3) is 0 Å². The SMILES string of the molecule is C[NH+](C)[C@H]1Cc2cc(Cl)ccc2Sc2ccccc21. The lowest BCUT2D eigenvalue weighted by Crippen LogP contribution is -3.06. The van der Waals surface area contributed by atoms with Gasteiger partial charge in [-0.05, 0) is 29.8 Å². The molecular formula is C16H17ClNS+. The summed E-state index contributed by atoms with van der Waals surface area (Å²) < 4.78 is 0. The van der Waals surface area contributed by atoms with E-state index < -0.39 is 0 Å². The number of fused-ring (bicyclic) bond motifs is 2. The van der Waals surface area contributed by atoms with Crippen LogP contribution in [0.5, 0.6) is 0 Å². The summed E-state index contributed by atoms with van der Waals surface area (Å²) in [6.07, 6.45) is 1.04. The van der Waals surface area contributed by atoms with E-state index in [9.17, 15) is 0 Å². The summed E-state index contributed by atoms with van der Waals surface area (Å²) in [4.78, 5) is 4.16.